The molecule has 0 bridgehead atoms. The van der Waals surface area contributed by atoms with E-state index in [2.05, 4.69) is 12.6 Å². The molecule has 2 nitrogen and oxygen atoms in total. The summed E-state index contributed by atoms with van der Waals surface area (Å²) in [6.45, 7) is 2.03. The highest BCUT2D eigenvalue weighted by molar-refractivity contribution is 7.80. The molecule has 0 aliphatic heterocycles. The number of carboxylic acid groups (broad SMARTS) is 1. The third-order valence-corrected chi connectivity index (χ3v) is 1.90. The summed E-state index contributed by atoms with van der Waals surface area (Å²) in [4.78, 5) is 10.3. The second-order valence-electron chi connectivity index (χ2n) is 2.34. The van der Waals surface area contributed by atoms with Crippen LogP contribution in [0.25, 0.3) is 0 Å². The van der Waals surface area contributed by atoms with Gasteiger partial charge in [0.15, 0.2) is 0 Å². The Balaban J connectivity index is 3.50. The summed E-state index contributed by atoms with van der Waals surface area (Å²) < 4.78 is 0. The van der Waals surface area contributed by atoms with Crippen LogP contribution in [0.15, 0.2) is 0 Å². The fourth-order valence-electron chi connectivity index (χ4n) is 0.734. The first-order valence-electron chi connectivity index (χ1n) is 3.54. The molecule has 0 aliphatic rings. The van der Waals surface area contributed by atoms with Crippen molar-refractivity contribution in [1.29, 1.82) is 0 Å². The monoisotopic (exact) mass is 161 g/mol. The number of hydrogen-bond acceptors (Lipinski definition) is 3. The molecular formula is C7H13O2S-. The lowest BCUT2D eigenvalue weighted by Gasteiger charge is -2.13. The first-order chi connectivity index (χ1) is 4.72. The molecule has 0 rings (SSSR count). The van der Waals surface area contributed by atoms with E-state index in [1.165, 1.54) is 0 Å². The largest absolute Gasteiger partial charge is 0.550 e. The molecule has 0 saturated heterocycles. The maximum Gasteiger partial charge on any atom is 0.0453 e. The predicted octanol–water partition coefficient (Wildman–Crippen LogP) is 0.472. The first-order valence-corrected chi connectivity index (χ1v) is 4.17. The smallest absolute Gasteiger partial charge is 0.0453 e. The lowest BCUT2D eigenvalue weighted by Crippen LogP contribution is -2.32. The summed E-state index contributed by atoms with van der Waals surface area (Å²) in [6, 6.07) is 0. The molecular weight excluding hydrogens is 148 g/mol. The third kappa shape index (κ3) is 3.77. The van der Waals surface area contributed by atoms with Crippen LogP contribution < -0.4 is 5.11 Å². The Morgan fingerprint density at radius 1 is 1.70 bits per heavy atom. The van der Waals surface area contributed by atoms with Crippen molar-refractivity contribution in [2.24, 2.45) is 5.92 Å². The molecule has 0 fully saturated rings. The van der Waals surface area contributed by atoms with Crippen LogP contribution in [0.2, 0.25) is 0 Å². The predicted molar refractivity (Wildman–Crippen MR) is 41.9 cm³/mol. The van der Waals surface area contributed by atoms with Gasteiger partial charge in [0, 0.05) is 11.9 Å². The lowest BCUT2D eigenvalue weighted by atomic mass is 10.1. The number of aliphatic carboxylic acids is 1. The minimum Gasteiger partial charge on any atom is -0.550 e. The van der Waals surface area contributed by atoms with Crippen LogP contribution in [0, 0.1) is 5.92 Å². The van der Waals surface area contributed by atoms with Gasteiger partial charge in [-0.3, -0.25) is 0 Å². The molecule has 0 aromatic heterocycles. The summed E-state index contributed by atoms with van der Waals surface area (Å²) in [5, 5.41) is 10.3. The molecule has 0 N–H and O–H groups in total. The highest BCUT2D eigenvalue weighted by Crippen LogP contribution is 2.08. The number of unbranched alkanes of at least 4 members (excludes halogenated alkanes) is 1. The molecule has 0 aliphatic carbocycles. The molecule has 60 valence electrons. The normalized spacial score (nSPS) is 13.0. The highest BCUT2D eigenvalue weighted by Gasteiger charge is 2.05. The summed E-state index contributed by atoms with van der Waals surface area (Å²) >= 11 is 3.91. The summed E-state index contributed by atoms with van der Waals surface area (Å²) in [5.41, 5.74) is 0. The van der Waals surface area contributed by atoms with Crippen LogP contribution in [0.5, 0.6) is 0 Å². The van der Waals surface area contributed by atoms with Crippen molar-refractivity contribution in [3.63, 3.8) is 0 Å². The van der Waals surface area contributed by atoms with Gasteiger partial charge in [-0.2, -0.15) is 12.6 Å². The quantitative estimate of drug-likeness (QED) is 0.595. The van der Waals surface area contributed by atoms with E-state index >= 15 is 0 Å². The standard InChI is InChI=1S/C7H14O2S/c1-2-3-4-6(5-10)7(8)9/h6,10H,2-5H2,1H3,(H,8,9)/p-1. The summed E-state index contributed by atoms with van der Waals surface area (Å²) in [7, 11) is 0. The van der Waals surface area contributed by atoms with Gasteiger partial charge >= 0.3 is 0 Å². The SMILES string of the molecule is CCCCC(CS)C(=O)[O-]. The fraction of sp³-hybridized carbons (Fsp3) is 0.857. The molecule has 0 amide bonds. The van der Waals surface area contributed by atoms with Crippen LogP contribution in [-0.4, -0.2) is 11.7 Å². The van der Waals surface area contributed by atoms with Crippen molar-refractivity contribution in [3.8, 4) is 0 Å². The average molecular weight is 161 g/mol. The van der Waals surface area contributed by atoms with Crippen molar-refractivity contribution in [2.75, 3.05) is 5.75 Å². The topological polar surface area (TPSA) is 40.1 Å². The third-order valence-electron chi connectivity index (χ3n) is 1.46. The summed E-state index contributed by atoms with van der Waals surface area (Å²) in [6.07, 6.45) is 2.67. The van der Waals surface area contributed by atoms with E-state index in [0.29, 0.717) is 12.2 Å². The zero-order chi connectivity index (χ0) is 7.98. The summed E-state index contributed by atoms with van der Waals surface area (Å²) in [5.74, 6) is -0.936. The van der Waals surface area contributed by atoms with E-state index in [0.717, 1.165) is 12.8 Å². The molecule has 1 unspecified atom stereocenters. The number of rotatable bonds is 5. The number of thiol groups is 1. The van der Waals surface area contributed by atoms with Crippen molar-refractivity contribution in [3.05, 3.63) is 0 Å². The Bertz CT molecular complexity index is 104. The van der Waals surface area contributed by atoms with Gasteiger partial charge in [0.1, 0.15) is 0 Å². The Labute approximate surface area is 67.0 Å². The van der Waals surface area contributed by atoms with Gasteiger partial charge in [0.2, 0.25) is 0 Å². The second kappa shape index (κ2) is 5.59. The molecule has 0 aromatic carbocycles. The molecule has 10 heavy (non-hydrogen) atoms. The molecule has 0 heterocycles. The molecule has 1 atom stereocenters. The molecule has 0 saturated carbocycles. The van der Waals surface area contributed by atoms with Gasteiger partial charge in [0.25, 0.3) is 0 Å². The van der Waals surface area contributed by atoms with Crippen molar-refractivity contribution < 1.29 is 9.90 Å². The van der Waals surface area contributed by atoms with Crippen molar-refractivity contribution in [1.82, 2.24) is 0 Å². The number of hydrogen-bond donors (Lipinski definition) is 1. The van der Waals surface area contributed by atoms with Gasteiger partial charge in [0.05, 0.1) is 0 Å². The fourth-order valence-corrected chi connectivity index (χ4v) is 1.07. The Hall–Kier alpha value is -0.180. The molecule has 0 aromatic rings. The first kappa shape index (κ1) is 9.82. The number of carbonyl (C=O) groups excluding carboxylic acids is 1. The van der Waals surface area contributed by atoms with Gasteiger partial charge in [-0.05, 0) is 12.2 Å². The maximum atomic E-state index is 10.3. The number of carboxylic acids is 1. The van der Waals surface area contributed by atoms with Gasteiger partial charge < -0.3 is 9.90 Å². The lowest BCUT2D eigenvalue weighted by molar-refractivity contribution is -0.310. The van der Waals surface area contributed by atoms with E-state index in [1.54, 1.807) is 0 Å². The van der Waals surface area contributed by atoms with Crippen molar-refractivity contribution in [2.45, 2.75) is 26.2 Å². The van der Waals surface area contributed by atoms with Gasteiger partial charge in [-0.1, -0.05) is 19.8 Å². The van der Waals surface area contributed by atoms with E-state index < -0.39 is 5.97 Å². The van der Waals surface area contributed by atoms with Crippen LogP contribution in [0.1, 0.15) is 26.2 Å². The zero-order valence-corrected chi connectivity index (χ0v) is 7.06. The van der Waals surface area contributed by atoms with Crippen LogP contribution in [-0.2, 0) is 4.79 Å². The van der Waals surface area contributed by atoms with Gasteiger partial charge in [-0.25, -0.2) is 0 Å². The Kier molecular flexibility index (Phi) is 5.49. The minimum atomic E-state index is -0.969. The average Bonchev–Trinajstić information content (AvgIpc) is 1.89. The maximum absolute atomic E-state index is 10.3. The minimum absolute atomic E-state index is 0.358. The van der Waals surface area contributed by atoms with E-state index in [-0.39, 0.29) is 5.92 Å². The highest BCUT2D eigenvalue weighted by atomic mass is 32.1. The number of carbonyl (C=O) groups is 1. The van der Waals surface area contributed by atoms with E-state index in [4.69, 9.17) is 0 Å². The van der Waals surface area contributed by atoms with E-state index in [9.17, 15) is 9.90 Å². The Morgan fingerprint density at radius 2 is 2.30 bits per heavy atom. The second-order valence-corrected chi connectivity index (χ2v) is 2.71. The van der Waals surface area contributed by atoms with E-state index in [1.807, 2.05) is 6.92 Å². The van der Waals surface area contributed by atoms with Crippen LogP contribution >= 0.6 is 12.6 Å². The molecule has 3 heteroatoms. The van der Waals surface area contributed by atoms with Gasteiger partial charge in [-0.15, -0.1) is 0 Å². The zero-order valence-electron chi connectivity index (χ0n) is 6.17. The van der Waals surface area contributed by atoms with Crippen LogP contribution in [0.4, 0.5) is 0 Å². The molecule has 0 spiro atoms. The Morgan fingerprint density at radius 3 is 2.60 bits per heavy atom. The molecule has 0 radical (unpaired) electrons. The van der Waals surface area contributed by atoms with Crippen LogP contribution in [0.3, 0.4) is 0 Å². The van der Waals surface area contributed by atoms with Crippen molar-refractivity contribution >= 4 is 18.6 Å².